The summed E-state index contributed by atoms with van der Waals surface area (Å²) >= 11 is 0. The fourth-order valence-corrected chi connectivity index (χ4v) is 1.05. The summed E-state index contributed by atoms with van der Waals surface area (Å²) in [6.45, 7) is 0. The van der Waals surface area contributed by atoms with E-state index in [4.69, 9.17) is 5.73 Å². The molecule has 1 aromatic carbocycles. The van der Waals surface area contributed by atoms with Crippen LogP contribution in [-0.2, 0) is 0 Å². The lowest BCUT2D eigenvalue weighted by Crippen LogP contribution is -2.24. The Morgan fingerprint density at radius 3 is 2.06 bits per heavy atom. The number of quaternary nitrogens is 1. The highest BCUT2D eigenvalue weighted by Crippen LogP contribution is 2.30. The van der Waals surface area contributed by atoms with Crippen molar-refractivity contribution in [3.05, 3.63) is 37.9 Å². The molecule has 0 aliphatic heterocycles. The van der Waals surface area contributed by atoms with E-state index in [9.17, 15) is 30.1 Å². The molecule has 10 heteroatoms. The number of nitro benzene ring substituents is 2. The summed E-state index contributed by atoms with van der Waals surface area (Å²) in [6.07, 6.45) is 0. The maximum Gasteiger partial charge on any atom is 0.299 e. The molecule has 17 heavy (non-hydrogen) atoms. The van der Waals surface area contributed by atoms with Crippen LogP contribution in [0.2, 0.25) is 0 Å². The zero-order chi connectivity index (χ0) is 12.5. The van der Waals surface area contributed by atoms with Crippen molar-refractivity contribution in [2.24, 2.45) is 0 Å². The van der Waals surface area contributed by atoms with Gasteiger partial charge in [0.15, 0.2) is 0 Å². The van der Waals surface area contributed by atoms with Gasteiger partial charge in [0.05, 0.1) is 21.9 Å². The summed E-state index contributed by atoms with van der Waals surface area (Å²) < 4.78 is 0. The summed E-state index contributed by atoms with van der Waals surface area (Å²) in [7, 11) is 0. The Bertz CT molecular complexity index is 464. The van der Waals surface area contributed by atoms with Crippen molar-refractivity contribution in [2.45, 2.75) is 0 Å². The van der Waals surface area contributed by atoms with Crippen LogP contribution in [0.15, 0.2) is 12.1 Å². The maximum atomic E-state index is 10.5. The summed E-state index contributed by atoms with van der Waals surface area (Å²) in [4.78, 5) is 29.4. The molecule has 6 N–H and O–H groups in total. The average Bonchev–Trinajstić information content (AvgIpc) is 2.16. The number of nitrogens with zero attached hydrogens (tertiary/aromatic N) is 2. The Balaban J connectivity index is 0.00000256. The van der Waals surface area contributed by atoms with Crippen LogP contribution in [0.1, 0.15) is 10.4 Å². The predicted molar refractivity (Wildman–Crippen MR) is 54.5 cm³/mol. The van der Waals surface area contributed by atoms with Crippen molar-refractivity contribution in [1.82, 2.24) is 6.15 Å². The van der Waals surface area contributed by atoms with Gasteiger partial charge in [-0.2, -0.15) is 0 Å². The molecule has 1 aromatic rings. The van der Waals surface area contributed by atoms with Crippen molar-refractivity contribution < 1.29 is 19.7 Å². The Labute approximate surface area is 93.5 Å². The minimum atomic E-state index is -1.82. The van der Waals surface area contributed by atoms with Crippen LogP contribution in [0.4, 0.5) is 17.1 Å². The Hall–Kier alpha value is -2.75. The summed E-state index contributed by atoms with van der Waals surface area (Å²) in [5.41, 5.74) is 2.15. The molecule has 0 saturated heterocycles. The fourth-order valence-electron chi connectivity index (χ4n) is 1.05. The van der Waals surface area contributed by atoms with Crippen molar-refractivity contribution in [2.75, 3.05) is 5.73 Å². The van der Waals surface area contributed by atoms with Crippen LogP contribution in [0.25, 0.3) is 0 Å². The van der Waals surface area contributed by atoms with E-state index >= 15 is 0 Å². The number of nitrogens with two attached hydrogens (primary N) is 1. The molecule has 1 rings (SSSR count). The first-order valence-electron chi connectivity index (χ1n) is 3.78. The zero-order valence-electron chi connectivity index (χ0n) is 8.58. The van der Waals surface area contributed by atoms with Gasteiger partial charge in [-0.15, -0.1) is 0 Å². The number of carboxylic acids is 1. The number of carbonyl (C=O) groups excluding carboxylic acids is 1. The van der Waals surface area contributed by atoms with E-state index in [-0.39, 0.29) is 6.15 Å². The molecule has 0 fully saturated rings. The Kier molecular flexibility index (Phi) is 4.06. The smallest absolute Gasteiger partial charge is 0.299 e. The van der Waals surface area contributed by atoms with Crippen molar-refractivity contribution in [1.29, 1.82) is 0 Å². The number of nitrogen functional groups attached to an aromatic ring is 1. The van der Waals surface area contributed by atoms with Crippen LogP contribution in [0, 0.1) is 20.2 Å². The van der Waals surface area contributed by atoms with Gasteiger partial charge < -0.3 is 21.8 Å². The first-order valence-corrected chi connectivity index (χ1v) is 3.78. The molecule has 0 atom stereocenters. The highest BCUT2D eigenvalue weighted by Gasteiger charge is 2.22. The third-order valence-electron chi connectivity index (χ3n) is 1.77. The van der Waals surface area contributed by atoms with Crippen molar-refractivity contribution in [3.8, 4) is 0 Å². The van der Waals surface area contributed by atoms with E-state index in [1.807, 2.05) is 0 Å². The molecular formula is C7H8N4O6. The van der Waals surface area contributed by atoms with Crippen LogP contribution in [0.5, 0.6) is 0 Å². The number of aromatic carboxylic acids is 1. The molecular weight excluding hydrogens is 236 g/mol. The fraction of sp³-hybridized carbons (Fsp3) is 0. The maximum absolute atomic E-state index is 10.5. The summed E-state index contributed by atoms with van der Waals surface area (Å²) in [5.74, 6) is -1.82. The number of rotatable bonds is 3. The van der Waals surface area contributed by atoms with Gasteiger partial charge in [-0.25, -0.2) is 0 Å². The minimum absolute atomic E-state index is 0. The quantitative estimate of drug-likeness (QED) is 0.418. The van der Waals surface area contributed by atoms with Gasteiger partial charge in [0.2, 0.25) is 0 Å². The van der Waals surface area contributed by atoms with E-state index in [1.54, 1.807) is 0 Å². The second-order valence-electron chi connectivity index (χ2n) is 2.73. The lowest BCUT2D eigenvalue weighted by Gasteiger charge is -2.06. The molecule has 0 bridgehead atoms. The van der Waals surface area contributed by atoms with E-state index in [1.165, 1.54) is 0 Å². The topological polar surface area (TPSA) is 189 Å². The van der Waals surface area contributed by atoms with Gasteiger partial charge in [0.25, 0.3) is 11.4 Å². The standard InChI is InChI=1S/C7H5N3O6.H3N/c8-6-4(7(11)12)1-3(9(13)14)2-5(6)10(15)16;/h1-2H,8H2,(H,11,12);1H3. The third kappa shape index (κ3) is 2.63. The van der Waals surface area contributed by atoms with Gasteiger partial charge in [-0.3, -0.25) is 20.2 Å². The number of hydrogen-bond acceptors (Lipinski definition) is 7. The highest BCUT2D eigenvalue weighted by atomic mass is 16.6. The Morgan fingerprint density at radius 1 is 1.18 bits per heavy atom. The summed E-state index contributed by atoms with van der Waals surface area (Å²) in [6, 6.07) is 1.19. The van der Waals surface area contributed by atoms with E-state index in [0.29, 0.717) is 12.1 Å². The SMILES string of the molecule is Nc1c(C(=O)[O-])cc([N+](=O)[O-])cc1[N+](=O)[O-].[NH4+]. The number of hydrogen-bond donors (Lipinski definition) is 2. The van der Waals surface area contributed by atoms with Crippen LogP contribution in [0.3, 0.4) is 0 Å². The first-order chi connectivity index (χ1) is 7.34. The third-order valence-corrected chi connectivity index (χ3v) is 1.77. The highest BCUT2D eigenvalue weighted by molar-refractivity contribution is 5.95. The van der Waals surface area contributed by atoms with Crippen molar-refractivity contribution >= 4 is 23.0 Å². The van der Waals surface area contributed by atoms with Crippen LogP contribution in [-0.4, -0.2) is 15.8 Å². The number of carbonyl (C=O) groups is 1. The van der Waals surface area contributed by atoms with Gasteiger partial charge in [0, 0.05) is 11.6 Å². The molecule has 0 heterocycles. The lowest BCUT2D eigenvalue weighted by atomic mass is 10.1. The van der Waals surface area contributed by atoms with E-state index < -0.39 is 38.4 Å². The van der Waals surface area contributed by atoms with Gasteiger partial charge in [0.1, 0.15) is 5.69 Å². The number of non-ortho nitro benzene ring substituents is 1. The average molecular weight is 244 g/mol. The molecule has 0 aliphatic carbocycles. The largest absolute Gasteiger partial charge is 0.545 e. The molecule has 0 saturated carbocycles. The molecule has 0 amide bonds. The first kappa shape index (κ1) is 14.2. The molecule has 92 valence electrons. The molecule has 0 unspecified atom stereocenters. The zero-order valence-corrected chi connectivity index (χ0v) is 8.58. The molecule has 0 spiro atoms. The lowest BCUT2D eigenvalue weighted by molar-refractivity contribution is -0.393. The predicted octanol–water partition coefficient (Wildman–Crippen LogP) is -0.175. The van der Waals surface area contributed by atoms with E-state index in [2.05, 4.69) is 0 Å². The number of benzene rings is 1. The second kappa shape index (κ2) is 4.85. The normalized spacial score (nSPS) is 9.18. The Morgan fingerprint density at radius 2 is 1.71 bits per heavy atom. The number of carboxylic acid groups (broad SMARTS) is 1. The van der Waals surface area contributed by atoms with Crippen molar-refractivity contribution in [3.63, 3.8) is 0 Å². The van der Waals surface area contributed by atoms with Crippen LogP contribution >= 0.6 is 0 Å². The molecule has 0 radical (unpaired) electrons. The second-order valence-corrected chi connectivity index (χ2v) is 2.73. The number of nitro groups is 2. The molecule has 0 aromatic heterocycles. The monoisotopic (exact) mass is 244 g/mol. The van der Waals surface area contributed by atoms with Crippen LogP contribution < -0.4 is 17.0 Å². The van der Waals surface area contributed by atoms with Gasteiger partial charge in [-0.05, 0) is 0 Å². The number of anilines is 1. The van der Waals surface area contributed by atoms with Gasteiger partial charge in [-0.1, -0.05) is 0 Å². The van der Waals surface area contributed by atoms with E-state index in [0.717, 1.165) is 0 Å². The molecule has 10 nitrogen and oxygen atoms in total. The summed E-state index contributed by atoms with van der Waals surface area (Å²) in [5, 5.41) is 31.4. The molecule has 0 aliphatic rings. The minimum Gasteiger partial charge on any atom is -0.545 e. The van der Waals surface area contributed by atoms with Gasteiger partial charge >= 0.3 is 0 Å².